The van der Waals surface area contributed by atoms with E-state index in [9.17, 15) is 14.7 Å². The summed E-state index contributed by atoms with van der Waals surface area (Å²) < 4.78 is 0. The first-order valence-electron chi connectivity index (χ1n) is 7.06. The number of aliphatic carboxylic acids is 1. The predicted octanol–water partition coefficient (Wildman–Crippen LogP) is 2.84. The number of amides is 1. The maximum atomic E-state index is 12.6. The number of nitrogens with zero attached hydrogens (tertiary/aromatic N) is 1. The molecule has 5 heteroatoms. The molecule has 1 heterocycles. The van der Waals surface area contributed by atoms with Crippen molar-refractivity contribution in [2.75, 3.05) is 6.54 Å². The van der Waals surface area contributed by atoms with E-state index in [-0.39, 0.29) is 11.8 Å². The third-order valence-electron chi connectivity index (χ3n) is 4.05. The van der Waals surface area contributed by atoms with E-state index >= 15 is 0 Å². The van der Waals surface area contributed by atoms with Gasteiger partial charge in [0.1, 0.15) is 0 Å². The Labute approximate surface area is 123 Å². The lowest BCUT2D eigenvalue weighted by Crippen LogP contribution is -2.38. The van der Waals surface area contributed by atoms with Crippen LogP contribution in [0.2, 0.25) is 0 Å². The summed E-state index contributed by atoms with van der Waals surface area (Å²) in [7, 11) is 0. The van der Waals surface area contributed by atoms with Crippen molar-refractivity contribution in [1.82, 2.24) is 4.90 Å². The van der Waals surface area contributed by atoms with E-state index in [1.807, 2.05) is 31.4 Å². The number of hydrogen-bond acceptors (Lipinski definition) is 3. The second kappa shape index (κ2) is 6.39. The average molecular weight is 295 g/mol. The van der Waals surface area contributed by atoms with Gasteiger partial charge in [0.05, 0.1) is 18.4 Å². The van der Waals surface area contributed by atoms with Crippen LogP contribution in [-0.2, 0) is 16.1 Å². The van der Waals surface area contributed by atoms with Crippen molar-refractivity contribution in [2.45, 2.75) is 33.2 Å². The molecule has 20 heavy (non-hydrogen) atoms. The lowest BCUT2D eigenvalue weighted by Gasteiger charge is -2.25. The zero-order chi connectivity index (χ0) is 14.7. The largest absolute Gasteiger partial charge is 0.481 e. The molecule has 0 radical (unpaired) electrons. The smallest absolute Gasteiger partial charge is 0.307 e. The van der Waals surface area contributed by atoms with Crippen LogP contribution in [0.3, 0.4) is 0 Å². The fourth-order valence-electron chi connectivity index (χ4n) is 3.01. The second-order valence-electron chi connectivity index (χ2n) is 5.56. The lowest BCUT2D eigenvalue weighted by atomic mass is 9.94. The average Bonchev–Trinajstić information content (AvgIpc) is 3.04. The molecule has 1 aromatic heterocycles. The summed E-state index contributed by atoms with van der Waals surface area (Å²) in [5.41, 5.74) is 0. The van der Waals surface area contributed by atoms with Crippen LogP contribution in [0.5, 0.6) is 0 Å². The van der Waals surface area contributed by atoms with Crippen LogP contribution in [0.4, 0.5) is 0 Å². The van der Waals surface area contributed by atoms with E-state index in [0.717, 1.165) is 4.88 Å². The number of carbonyl (C=O) groups is 2. The third kappa shape index (κ3) is 3.20. The Morgan fingerprint density at radius 2 is 2.10 bits per heavy atom. The van der Waals surface area contributed by atoms with Crippen LogP contribution < -0.4 is 0 Å². The minimum Gasteiger partial charge on any atom is -0.481 e. The Hall–Kier alpha value is -1.36. The molecular formula is C15H21NO3S. The van der Waals surface area contributed by atoms with E-state index in [1.54, 1.807) is 16.2 Å². The summed E-state index contributed by atoms with van der Waals surface area (Å²) in [6.07, 6.45) is 1.30. The summed E-state index contributed by atoms with van der Waals surface area (Å²) in [6, 6.07) is 3.97. The van der Waals surface area contributed by atoms with Crippen molar-refractivity contribution >= 4 is 23.2 Å². The van der Waals surface area contributed by atoms with Crippen LogP contribution in [0.25, 0.3) is 0 Å². The van der Waals surface area contributed by atoms with Gasteiger partial charge in [-0.05, 0) is 37.1 Å². The zero-order valence-corrected chi connectivity index (χ0v) is 12.7. The molecule has 2 rings (SSSR count). The molecule has 1 N–H and O–H groups in total. The number of thiophene rings is 1. The van der Waals surface area contributed by atoms with Gasteiger partial charge >= 0.3 is 5.97 Å². The van der Waals surface area contributed by atoms with Crippen molar-refractivity contribution in [3.8, 4) is 0 Å². The quantitative estimate of drug-likeness (QED) is 0.908. The molecule has 1 aliphatic rings. The van der Waals surface area contributed by atoms with E-state index in [0.29, 0.717) is 31.8 Å². The van der Waals surface area contributed by atoms with Crippen LogP contribution in [-0.4, -0.2) is 28.4 Å². The van der Waals surface area contributed by atoms with Gasteiger partial charge in [0.2, 0.25) is 5.91 Å². The summed E-state index contributed by atoms with van der Waals surface area (Å²) in [4.78, 5) is 26.9. The monoisotopic (exact) mass is 295 g/mol. The van der Waals surface area contributed by atoms with Gasteiger partial charge in [-0.1, -0.05) is 13.0 Å². The summed E-state index contributed by atoms with van der Waals surface area (Å²) >= 11 is 1.62. The fourth-order valence-corrected chi connectivity index (χ4v) is 3.73. The van der Waals surface area contributed by atoms with Crippen LogP contribution in [0.1, 0.15) is 31.6 Å². The first-order chi connectivity index (χ1) is 9.52. The number of hydrogen-bond donors (Lipinski definition) is 1. The Balaban J connectivity index is 2.09. The van der Waals surface area contributed by atoms with Gasteiger partial charge in [0.15, 0.2) is 0 Å². The van der Waals surface area contributed by atoms with Gasteiger partial charge in [-0.25, -0.2) is 0 Å². The summed E-state index contributed by atoms with van der Waals surface area (Å²) in [5, 5.41) is 11.3. The van der Waals surface area contributed by atoms with Crippen molar-refractivity contribution in [3.63, 3.8) is 0 Å². The first kappa shape index (κ1) is 15.0. The maximum absolute atomic E-state index is 12.6. The molecule has 110 valence electrons. The Bertz CT molecular complexity index is 471. The van der Waals surface area contributed by atoms with Gasteiger partial charge in [-0.3, -0.25) is 9.59 Å². The fraction of sp³-hybridized carbons (Fsp3) is 0.600. The number of carbonyl (C=O) groups excluding carboxylic acids is 1. The SMILES string of the molecule is CCN(Cc1cccs1)C(=O)[C@H]1CC(C)C[C@H]1C(=O)O. The second-order valence-corrected chi connectivity index (χ2v) is 6.59. The minimum absolute atomic E-state index is 0.00218. The highest BCUT2D eigenvalue weighted by molar-refractivity contribution is 7.09. The van der Waals surface area contributed by atoms with E-state index in [1.165, 1.54) is 0 Å². The Morgan fingerprint density at radius 1 is 1.40 bits per heavy atom. The Kier molecular flexibility index (Phi) is 4.81. The van der Waals surface area contributed by atoms with Crippen molar-refractivity contribution in [1.29, 1.82) is 0 Å². The highest BCUT2D eigenvalue weighted by Gasteiger charge is 2.42. The van der Waals surface area contributed by atoms with Gasteiger partial charge in [-0.15, -0.1) is 11.3 Å². The van der Waals surface area contributed by atoms with Crippen molar-refractivity contribution in [3.05, 3.63) is 22.4 Å². The van der Waals surface area contributed by atoms with Crippen LogP contribution in [0.15, 0.2) is 17.5 Å². The van der Waals surface area contributed by atoms with Crippen LogP contribution >= 0.6 is 11.3 Å². The molecule has 1 fully saturated rings. The van der Waals surface area contributed by atoms with Gasteiger partial charge < -0.3 is 10.0 Å². The molecule has 0 saturated heterocycles. The maximum Gasteiger partial charge on any atom is 0.307 e. The van der Waals surface area contributed by atoms with Gasteiger partial charge in [0.25, 0.3) is 0 Å². The lowest BCUT2D eigenvalue weighted by molar-refractivity contribution is -0.149. The molecule has 1 aliphatic carbocycles. The van der Waals surface area contributed by atoms with E-state index in [2.05, 4.69) is 0 Å². The molecule has 0 bridgehead atoms. The molecule has 1 saturated carbocycles. The molecule has 1 aromatic rings. The number of carboxylic acid groups (broad SMARTS) is 1. The Morgan fingerprint density at radius 3 is 2.65 bits per heavy atom. The van der Waals surface area contributed by atoms with Crippen molar-refractivity contribution < 1.29 is 14.7 Å². The van der Waals surface area contributed by atoms with Crippen molar-refractivity contribution in [2.24, 2.45) is 17.8 Å². The standard InChI is InChI=1S/C15H21NO3S/c1-3-16(9-11-5-4-6-20-11)14(17)12-7-10(2)8-13(12)15(18)19/h4-6,10,12-13H,3,7-9H2,1-2H3,(H,18,19)/t10?,12-,13+/m0/s1. The number of rotatable bonds is 5. The third-order valence-corrected chi connectivity index (χ3v) is 4.91. The first-order valence-corrected chi connectivity index (χ1v) is 7.94. The van der Waals surface area contributed by atoms with Gasteiger partial charge in [0, 0.05) is 11.4 Å². The molecule has 3 atom stereocenters. The molecule has 0 aromatic carbocycles. The topological polar surface area (TPSA) is 57.6 Å². The van der Waals surface area contributed by atoms with E-state index in [4.69, 9.17) is 0 Å². The predicted molar refractivity (Wildman–Crippen MR) is 78.4 cm³/mol. The molecular weight excluding hydrogens is 274 g/mol. The molecule has 4 nitrogen and oxygen atoms in total. The molecule has 0 spiro atoms. The highest BCUT2D eigenvalue weighted by Crippen LogP contribution is 2.37. The normalized spacial score (nSPS) is 25.6. The molecule has 1 unspecified atom stereocenters. The van der Waals surface area contributed by atoms with Crippen LogP contribution in [0, 0.1) is 17.8 Å². The zero-order valence-electron chi connectivity index (χ0n) is 11.9. The highest BCUT2D eigenvalue weighted by atomic mass is 32.1. The van der Waals surface area contributed by atoms with Gasteiger partial charge in [-0.2, -0.15) is 0 Å². The number of carboxylic acids is 1. The summed E-state index contributed by atoms with van der Waals surface area (Å²) in [5.74, 6) is -1.40. The molecule has 1 amide bonds. The molecule has 0 aliphatic heterocycles. The van der Waals surface area contributed by atoms with E-state index < -0.39 is 11.9 Å². The minimum atomic E-state index is -0.833. The summed E-state index contributed by atoms with van der Waals surface area (Å²) in [6.45, 7) is 5.18.